The van der Waals surface area contributed by atoms with Gasteiger partial charge in [0.15, 0.2) is 5.78 Å². The molecule has 0 fully saturated rings. The first-order valence-corrected chi connectivity index (χ1v) is 13.1. The van der Waals surface area contributed by atoms with Crippen LogP contribution in [0.5, 0.6) is 0 Å². The summed E-state index contributed by atoms with van der Waals surface area (Å²) in [5.74, 6) is 1.40. The number of nitrogens with one attached hydrogen (secondary N) is 1. The van der Waals surface area contributed by atoms with Gasteiger partial charge in [-0.05, 0) is 50.5 Å². The van der Waals surface area contributed by atoms with Gasteiger partial charge < -0.3 is 4.90 Å². The lowest BCUT2D eigenvalue weighted by molar-refractivity contribution is 0.102. The Hall–Kier alpha value is -2.14. The Balaban J connectivity index is 1.60. The Morgan fingerprint density at radius 3 is 2.67 bits per heavy atom. The van der Waals surface area contributed by atoms with Gasteiger partial charge in [-0.1, -0.05) is 27.7 Å². The summed E-state index contributed by atoms with van der Waals surface area (Å²) in [5.41, 5.74) is 1.17. The van der Waals surface area contributed by atoms with Crippen LogP contribution in [0, 0.1) is 0 Å². The lowest BCUT2D eigenvalue weighted by Gasteiger charge is -2.09. The molecule has 0 amide bonds. The molecule has 0 aliphatic heterocycles. The molecule has 0 saturated carbocycles. The fourth-order valence-electron chi connectivity index (χ4n) is 2.49. The Bertz CT molecular complexity index is 1120. The highest BCUT2D eigenvalue weighted by atomic mass is 33.1. The molecule has 0 saturated heterocycles. The van der Waals surface area contributed by atoms with Crippen LogP contribution in [0.15, 0.2) is 59.8 Å². The third-order valence-corrected chi connectivity index (χ3v) is 7.71. The third kappa shape index (κ3) is 6.18. The van der Waals surface area contributed by atoms with Crippen molar-refractivity contribution in [2.24, 2.45) is 0 Å². The molecular formula is C20H22N4O3S3. The number of nitrogens with zero attached hydrogens (tertiary/aromatic N) is 3. The van der Waals surface area contributed by atoms with E-state index in [1.807, 2.05) is 14.1 Å². The predicted molar refractivity (Wildman–Crippen MR) is 125 cm³/mol. The fourth-order valence-corrected chi connectivity index (χ4v) is 5.60. The van der Waals surface area contributed by atoms with Crippen molar-refractivity contribution in [1.29, 1.82) is 0 Å². The summed E-state index contributed by atoms with van der Waals surface area (Å²) in [7, 11) is 3.37. The number of rotatable bonds is 10. The number of benzene rings is 1. The second-order valence-electron chi connectivity index (χ2n) is 6.71. The van der Waals surface area contributed by atoms with Gasteiger partial charge >= 0.3 is 0 Å². The number of sulfonamides is 1. The summed E-state index contributed by atoms with van der Waals surface area (Å²) < 4.78 is 27.8. The van der Waals surface area contributed by atoms with Gasteiger partial charge in [-0.25, -0.2) is 13.4 Å². The quantitative estimate of drug-likeness (QED) is 0.278. The van der Waals surface area contributed by atoms with Crippen LogP contribution in [0.2, 0.25) is 0 Å². The van der Waals surface area contributed by atoms with Crippen molar-refractivity contribution in [3.63, 3.8) is 0 Å². The molecule has 3 rings (SSSR count). The smallest absolute Gasteiger partial charge is 0.263 e. The number of hydrogen-bond acceptors (Lipinski definition) is 8. The van der Waals surface area contributed by atoms with E-state index < -0.39 is 10.0 Å². The van der Waals surface area contributed by atoms with E-state index in [0.29, 0.717) is 11.3 Å². The first-order chi connectivity index (χ1) is 14.3. The van der Waals surface area contributed by atoms with E-state index in [0.717, 1.165) is 23.2 Å². The summed E-state index contributed by atoms with van der Waals surface area (Å²) in [5, 5.41) is 0.732. The Morgan fingerprint density at radius 2 is 1.93 bits per heavy atom. The van der Waals surface area contributed by atoms with Gasteiger partial charge in [0, 0.05) is 35.6 Å². The molecule has 7 nitrogen and oxygen atoms in total. The van der Waals surface area contributed by atoms with Gasteiger partial charge in [0.05, 0.1) is 16.2 Å². The second-order valence-corrected chi connectivity index (χ2v) is 11.0. The Labute approximate surface area is 184 Å². The van der Waals surface area contributed by atoms with Crippen LogP contribution in [0.3, 0.4) is 0 Å². The number of Topliss-reactive ketones (excluding diaryl/α,β-unsaturated/α-hetero) is 1. The maximum absolute atomic E-state index is 12.7. The van der Waals surface area contributed by atoms with Gasteiger partial charge in [0.2, 0.25) is 0 Å². The molecule has 1 N–H and O–H groups in total. The van der Waals surface area contributed by atoms with Crippen molar-refractivity contribution in [1.82, 2.24) is 14.9 Å². The first kappa shape index (κ1) is 22.5. The monoisotopic (exact) mass is 462 g/mol. The van der Waals surface area contributed by atoms with Crippen molar-refractivity contribution < 1.29 is 13.2 Å². The number of hydrogen-bond donors (Lipinski definition) is 1. The summed E-state index contributed by atoms with van der Waals surface area (Å²) in [6, 6.07) is 11.4. The molecule has 30 heavy (non-hydrogen) atoms. The molecule has 1 aromatic carbocycles. The fraction of sp³-hybridized carbons (Fsp3) is 0.250. The zero-order chi connectivity index (χ0) is 21.6. The Morgan fingerprint density at radius 1 is 1.10 bits per heavy atom. The molecule has 0 spiro atoms. The van der Waals surface area contributed by atoms with E-state index >= 15 is 0 Å². The largest absolute Gasteiger partial charge is 0.309 e. The van der Waals surface area contributed by atoms with Crippen molar-refractivity contribution in [3.05, 3.63) is 60.4 Å². The maximum atomic E-state index is 12.7. The van der Waals surface area contributed by atoms with Gasteiger partial charge in [0.25, 0.3) is 10.0 Å². The zero-order valence-electron chi connectivity index (χ0n) is 16.6. The number of carbonyl (C=O) groups excluding carboxylic acids is 1. The zero-order valence-corrected chi connectivity index (χ0v) is 19.1. The number of anilines is 1. The van der Waals surface area contributed by atoms with E-state index in [9.17, 15) is 13.2 Å². The van der Waals surface area contributed by atoms with E-state index in [2.05, 4.69) is 19.6 Å². The van der Waals surface area contributed by atoms with Gasteiger partial charge in [-0.2, -0.15) is 0 Å². The highest BCUT2D eigenvalue weighted by Crippen LogP contribution is 2.23. The molecule has 10 heteroatoms. The summed E-state index contributed by atoms with van der Waals surface area (Å²) in [6.45, 7) is 0.954. The van der Waals surface area contributed by atoms with Crippen LogP contribution in [0.1, 0.15) is 10.4 Å². The van der Waals surface area contributed by atoms with E-state index in [1.165, 1.54) is 29.1 Å². The molecule has 0 aliphatic carbocycles. The van der Waals surface area contributed by atoms with Crippen molar-refractivity contribution in [2.45, 2.75) is 4.90 Å². The average Bonchev–Trinajstić information content (AvgIpc) is 2.73. The first-order valence-electron chi connectivity index (χ1n) is 9.11. The van der Waals surface area contributed by atoms with E-state index in [4.69, 9.17) is 0 Å². The predicted octanol–water partition coefficient (Wildman–Crippen LogP) is 3.56. The minimum absolute atomic E-state index is 0.0405. The molecule has 2 heterocycles. The standard InChI is InChI=1S/C20H22N4O3S3/c1-24(2)10-11-28-29-14-19(25)16-5-8-20(22-13-16)23-30(26,27)17-6-7-18-15(12-17)4-3-9-21-18/h3-9,12-13H,10-11,14H2,1-2H3,(H,22,23). The number of carbonyl (C=O) groups is 1. The number of fused-ring (bicyclic) bond motifs is 1. The van der Waals surface area contributed by atoms with Gasteiger partial charge in [-0.3, -0.25) is 14.5 Å². The topological polar surface area (TPSA) is 92.3 Å². The highest BCUT2D eigenvalue weighted by Gasteiger charge is 2.16. The summed E-state index contributed by atoms with van der Waals surface area (Å²) in [4.78, 5) is 22.8. The second kappa shape index (κ2) is 10.3. The van der Waals surface area contributed by atoms with Crippen molar-refractivity contribution in [2.75, 3.05) is 36.9 Å². The molecule has 0 unspecified atom stereocenters. The number of ketones is 1. The maximum Gasteiger partial charge on any atom is 0.263 e. The van der Waals surface area contributed by atoms with Gasteiger partial charge in [-0.15, -0.1) is 0 Å². The summed E-state index contributed by atoms with van der Waals surface area (Å²) in [6.07, 6.45) is 3.05. The average molecular weight is 463 g/mol. The third-order valence-electron chi connectivity index (χ3n) is 4.10. The van der Waals surface area contributed by atoms with Crippen LogP contribution < -0.4 is 4.72 Å². The van der Waals surface area contributed by atoms with Crippen LogP contribution in [-0.4, -0.2) is 61.2 Å². The normalized spacial score (nSPS) is 11.7. The van der Waals surface area contributed by atoms with Crippen molar-refractivity contribution in [3.8, 4) is 0 Å². The molecule has 0 radical (unpaired) electrons. The SMILES string of the molecule is CN(C)CCSSCC(=O)c1ccc(NS(=O)(=O)c2ccc3ncccc3c2)nc1. The van der Waals surface area contributed by atoms with E-state index in [1.54, 1.807) is 47.3 Å². The molecular weight excluding hydrogens is 440 g/mol. The van der Waals surface area contributed by atoms with Crippen LogP contribution >= 0.6 is 21.6 Å². The number of pyridine rings is 2. The van der Waals surface area contributed by atoms with E-state index in [-0.39, 0.29) is 16.5 Å². The molecule has 0 aliphatic rings. The lowest BCUT2D eigenvalue weighted by Crippen LogP contribution is -2.14. The minimum Gasteiger partial charge on any atom is -0.309 e. The number of aromatic nitrogens is 2. The Kier molecular flexibility index (Phi) is 7.70. The minimum atomic E-state index is -3.80. The molecule has 0 bridgehead atoms. The lowest BCUT2D eigenvalue weighted by atomic mass is 10.2. The van der Waals surface area contributed by atoms with Crippen LogP contribution in [0.25, 0.3) is 10.9 Å². The van der Waals surface area contributed by atoms with Crippen molar-refractivity contribution >= 4 is 54.1 Å². The molecule has 3 aromatic rings. The van der Waals surface area contributed by atoms with Crippen LogP contribution in [0.4, 0.5) is 5.82 Å². The highest BCUT2D eigenvalue weighted by molar-refractivity contribution is 8.76. The molecule has 2 aromatic heterocycles. The van der Waals surface area contributed by atoms with Crippen LogP contribution in [-0.2, 0) is 10.0 Å². The van der Waals surface area contributed by atoms with Gasteiger partial charge in [0.1, 0.15) is 5.82 Å². The molecule has 158 valence electrons. The summed E-state index contributed by atoms with van der Waals surface area (Å²) >= 11 is 0. The molecule has 0 atom stereocenters.